The van der Waals surface area contributed by atoms with Crippen LogP contribution in [0.4, 0.5) is 32.0 Å². The normalized spacial score (nSPS) is 27.6. The molecule has 4 aliphatic rings. The number of hydrogen-bond donors (Lipinski definition) is 3. The molecule has 2 aliphatic carbocycles. The number of nitrogens with one attached hydrogen (secondary N) is 3. The van der Waals surface area contributed by atoms with Gasteiger partial charge in [-0.1, -0.05) is 48.5 Å². The third kappa shape index (κ3) is 8.19. The van der Waals surface area contributed by atoms with E-state index < -0.39 is 91.3 Å². The van der Waals surface area contributed by atoms with E-state index in [1.807, 2.05) is 18.2 Å². The van der Waals surface area contributed by atoms with Crippen molar-refractivity contribution in [2.75, 3.05) is 11.9 Å². The highest BCUT2D eigenvalue weighted by molar-refractivity contribution is 7.91. The Morgan fingerprint density at radius 3 is 2.38 bits per heavy atom. The zero-order valence-electron chi connectivity index (χ0n) is 30.0. The number of halogens is 6. The number of allylic oxidation sites excluding steroid dienone is 1. The predicted octanol–water partition coefficient (Wildman–Crippen LogP) is 6.56. The standard InChI is InChI=1S/C37H39F6N5O6S2/c1-34(13-14-34)56(52,53)47-32(51)35-19-21(35)9-5-3-2-4-6-11-27(44-24-16-22(36(38,39)40)15-23(17-24)37(41,42)43)31(50)48-20-25(18-28(48)30(49)46-35)54-33-45-26-10-7-8-12-29(26)55-33/h5,7-10,12,15-17,21,25,27-28,44H,2-4,6,11,13-14,18-20H2,1H3,(H,46,49)(H,47,51)/b9-5-/t21-,25+,27-,28-,35+/m0/s1. The Morgan fingerprint density at radius 2 is 1.71 bits per heavy atom. The number of alkyl halides is 6. The van der Waals surface area contributed by atoms with Crippen LogP contribution in [0.3, 0.4) is 0 Å². The van der Waals surface area contributed by atoms with Crippen LogP contribution >= 0.6 is 11.3 Å². The van der Waals surface area contributed by atoms with Crippen molar-refractivity contribution in [2.24, 2.45) is 5.92 Å². The highest BCUT2D eigenvalue weighted by Gasteiger charge is 2.63. The predicted molar refractivity (Wildman–Crippen MR) is 194 cm³/mol. The number of amides is 3. The first-order valence-corrected chi connectivity index (χ1v) is 20.5. The van der Waals surface area contributed by atoms with Crippen LogP contribution in [0.25, 0.3) is 10.2 Å². The fourth-order valence-corrected chi connectivity index (χ4v) is 9.42. The van der Waals surface area contributed by atoms with Crippen LogP contribution in [-0.2, 0) is 36.8 Å². The molecule has 3 amide bonds. The molecule has 1 aromatic heterocycles. The van der Waals surface area contributed by atoms with Crippen LogP contribution in [0.5, 0.6) is 5.19 Å². The highest BCUT2D eigenvalue weighted by Crippen LogP contribution is 2.48. The Balaban J connectivity index is 1.22. The van der Waals surface area contributed by atoms with E-state index in [-0.39, 0.29) is 37.1 Å². The van der Waals surface area contributed by atoms with Crippen LogP contribution in [0.15, 0.2) is 54.6 Å². The van der Waals surface area contributed by atoms with Gasteiger partial charge >= 0.3 is 12.4 Å². The zero-order chi connectivity index (χ0) is 40.3. The maximum atomic E-state index is 14.5. The van der Waals surface area contributed by atoms with Gasteiger partial charge in [-0.2, -0.15) is 26.3 Å². The molecule has 3 N–H and O–H groups in total. The second-order valence-electron chi connectivity index (χ2n) is 15.1. The second-order valence-corrected chi connectivity index (χ2v) is 18.3. The molecule has 3 aromatic rings. The van der Waals surface area contributed by atoms with Crippen LogP contribution in [-0.4, -0.2) is 71.0 Å². The maximum Gasteiger partial charge on any atom is 0.416 e. The van der Waals surface area contributed by atoms with Crippen LogP contribution in [0, 0.1) is 5.92 Å². The summed E-state index contributed by atoms with van der Waals surface area (Å²) in [4.78, 5) is 48.2. The average molecular weight is 828 g/mol. The lowest BCUT2D eigenvalue weighted by Crippen LogP contribution is -2.58. The molecule has 11 nitrogen and oxygen atoms in total. The quantitative estimate of drug-likeness (QED) is 0.180. The lowest BCUT2D eigenvalue weighted by Gasteiger charge is -2.30. The van der Waals surface area contributed by atoms with Crippen molar-refractivity contribution >= 4 is 55.0 Å². The topological polar surface area (TPSA) is 147 Å². The third-order valence-corrected chi connectivity index (χ3v) is 14.0. The van der Waals surface area contributed by atoms with Crippen LogP contribution in [0.1, 0.15) is 75.8 Å². The Hall–Kier alpha value is -4.39. The Kier molecular flexibility index (Phi) is 10.3. The number of sulfonamides is 1. The SMILES string of the molecule is CC1(S(=O)(=O)NC(=O)[C@@]23C[C@@H]2/C=C\CCCCC[C@H](Nc2cc(C(F)(F)F)cc(C(F)(F)F)c2)C(=O)N2C[C@H](Oc4nc5ccccc5s4)C[C@H]2C(=O)N3)CC1. The van der Waals surface area contributed by atoms with Gasteiger partial charge in [0.25, 0.3) is 11.1 Å². The van der Waals surface area contributed by atoms with E-state index in [1.165, 1.54) is 18.3 Å². The van der Waals surface area contributed by atoms with Gasteiger partial charge in [-0.25, -0.2) is 13.4 Å². The minimum Gasteiger partial charge on any atom is -0.465 e. The molecule has 19 heteroatoms. The second kappa shape index (κ2) is 14.5. The summed E-state index contributed by atoms with van der Waals surface area (Å²) in [5, 5.41) is 5.61. The largest absolute Gasteiger partial charge is 0.465 e. The number of para-hydroxylation sites is 1. The lowest BCUT2D eigenvalue weighted by molar-refractivity contribution is -0.143. The Labute approximate surface area is 322 Å². The summed E-state index contributed by atoms with van der Waals surface area (Å²) in [5.74, 6) is -3.06. The number of thiazole rings is 1. The maximum absolute atomic E-state index is 14.5. The zero-order valence-corrected chi connectivity index (χ0v) is 31.6. The molecule has 3 heterocycles. The van der Waals surface area contributed by atoms with E-state index in [9.17, 15) is 49.1 Å². The minimum atomic E-state index is -5.13. The van der Waals surface area contributed by atoms with Gasteiger partial charge in [0, 0.05) is 18.0 Å². The summed E-state index contributed by atoms with van der Waals surface area (Å²) in [7, 11) is -4.09. The van der Waals surface area contributed by atoms with E-state index in [4.69, 9.17) is 4.74 Å². The van der Waals surface area contributed by atoms with Gasteiger partial charge in [-0.05, 0) is 75.8 Å². The summed E-state index contributed by atoms with van der Waals surface area (Å²) in [6.07, 6.45) is -4.84. The van der Waals surface area contributed by atoms with E-state index >= 15 is 0 Å². The average Bonchev–Trinajstić information content (AvgIpc) is 3.93. The van der Waals surface area contributed by atoms with E-state index in [1.54, 1.807) is 18.2 Å². The molecule has 302 valence electrons. The number of ether oxygens (including phenoxy) is 1. The number of aromatic nitrogens is 1. The van der Waals surface area contributed by atoms with Gasteiger partial charge in [0.05, 0.1) is 32.6 Å². The first-order chi connectivity index (χ1) is 26.3. The van der Waals surface area contributed by atoms with Crippen molar-refractivity contribution in [3.05, 3.63) is 65.7 Å². The molecular formula is C37H39F6N5O6S2. The number of nitrogens with zero attached hydrogens (tertiary/aromatic N) is 2. The lowest BCUT2D eigenvalue weighted by atomic mass is 10.0. The number of carbonyl (C=O) groups excluding carboxylic acids is 3. The van der Waals surface area contributed by atoms with Crippen molar-refractivity contribution in [1.29, 1.82) is 0 Å². The van der Waals surface area contributed by atoms with E-state index in [0.717, 1.165) is 9.60 Å². The van der Waals surface area contributed by atoms with Gasteiger partial charge in [0.1, 0.15) is 23.7 Å². The van der Waals surface area contributed by atoms with E-state index in [0.29, 0.717) is 56.2 Å². The van der Waals surface area contributed by atoms with Gasteiger partial charge in [-0.15, -0.1) is 0 Å². The van der Waals surface area contributed by atoms with Crippen LogP contribution < -0.4 is 20.1 Å². The van der Waals surface area contributed by atoms with Gasteiger partial charge < -0.3 is 20.3 Å². The van der Waals surface area contributed by atoms with Crippen molar-refractivity contribution in [3.63, 3.8) is 0 Å². The summed E-state index contributed by atoms with van der Waals surface area (Å²) in [6.45, 7) is 1.30. The number of fused-ring (bicyclic) bond motifs is 3. The number of anilines is 1. The molecule has 0 bridgehead atoms. The van der Waals surface area contributed by atoms with Crippen molar-refractivity contribution in [3.8, 4) is 5.19 Å². The fourth-order valence-electron chi connectivity index (χ4n) is 7.23. The number of carbonyl (C=O) groups is 3. The highest BCUT2D eigenvalue weighted by atomic mass is 32.2. The molecule has 2 aliphatic heterocycles. The number of rotatable bonds is 7. The number of benzene rings is 2. The monoisotopic (exact) mass is 827 g/mol. The molecule has 2 saturated carbocycles. The van der Waals surface area contributed by atoms with E-state index in [2.05, 4.69) is 20.3 Å². The smallest absolute Gasteiger partial charge is 0.416 e. The fraction of sp³-hybridized carbons (Fsp3) is 0.514. The molecule has 7 rings (SSSR count). The van der Waals surface area contributed by atoms with Crippen molar-refractivity contribution in [2.45, 2.75) is 106 Å². The molecule has 2 aromatic carbocycles. The molecule has 5 atom stereocenters. The van der Waals surface area contributed by atoms with Gasteiger partial charge in [0.2, 0.25) is 21.8 Å². The van der Waals surface area contributed by atoms with Gasteiger partial charge in [0.15, 0.2) is 0 Å². The summed E-state index contributed by atoms with van der Waals surface area (Å²) < 4.78 is 117. The molecule has 1 saturated heterocycles. The Bertz CT molecular complexity index is 2110. The van der Waals surface area contributed by atoms with Gasteiger partial charge in [-0.3, -0.25) is 19.1 Å². The minimum absolute atomic E-state index is 0.0000274. The number of hydrogen-bond acceptors (Lipinski definition) is 9. The summed E-state index contributed by atoms with van der Waals surface area (Å²) in [6, 6.07) is 5.52. The molecule has 0 spiro atoms. The molecule has 0 unspecified atom stereocenters. The van der Waals surface area contributed by atoms with Crippen LogP contribution in [0.2, 0.25) is 0 Å². The summed E-state index contributed by atoms with van der Waals surface area (Å²) >= 11 is 1.23. The molecule has 56 heavy (non-hydrogen) atoms. The van der Waals surface area contributed by atoms with Crippen molar-refractivity contribution in [1.82, 2.24) is 19.9 Å². The molecule has 0 radical (unpaired) electrons. The molecule has 3 fully saturated rings. The Morgan fingerprint density at radius 1 is 1.02 bits per heavy atom. The first-order valence-electron chi connectivity index (χ1n) is 18.2. The molecular weight excluding hydrogens is 789 g/mol. The third-order valence-electron chi connectivity index (χ3n) is 10.9. The van der Waals surface area contributed by atoms with Crippen molar-refractivity contribution < 1.29 is 53.9 Å². The summed E-state index contributed by atoms with van der Waals surface area (Å²) in [5.41, 5.74) is -4.72. The first kappa shape index (κ1) is 39.8.